The smallest absolute Gasteiger partial charge is 0.351 e. The highest BCUT2D eigenvalue weighted by Crippen LogP contribution is 2.56. The third-order valence-electron chi connectivity index (χ3n) is 21.1. The third kappa shape index (κ3) is 20.5. The maximum absolute atomic E-state index is 15.2. The minimum absolute atomic E-state index is 0.0108. The van der Waals surface area contributed by atoms with Crippen LogP contribution >= 0.6 is 30.4 Å². The van der Waals surface area contributed by atoms with Gasteiger partial charge in [0.15, 0.2) is 11.2 Å². The molecular weight excluding hydrogens is 1700 g/mol. The SMILES string of the molecule is COc1ccc(C(OC[C@H]2O[C@@H](n3cc(C)c(=O)[nH]c3=O)C[C@@H]2O[P@@](C)(=O)OC[C@H]2O[C@@H](n3ccc(N)nc3=O)C[C@@H]2O[P@@](C)(=O)OC[C@H]2O[C@@H](n3ccc(N)nc3=O)C[C@@H]2O[P@@](C)(=O)OC[C@H]2O[C@@H](n3cc(C)c(=O)[nH]c3=O)C[C@@H]2O[P@@](C)(=O)OC[C@H]2O[C@@H](n3cnc4c(=O)[nH]c(N)nc43)C[C@@H]2OC(C)=O)(c2ccccc2)c2ccc(OC)cc2)cc1. The number of aromatic amines is 3. The third-order valence-corrected chi connectivity index (χ3v) is 26.1. The number of carbonyl (C=O) groups is 1. The van der Waals surface area contributed by atoms with E-state index in [0.29, 0.717) is 28.2 Å². The Morgan fingerprint density at radius 3 is 1.20 bits per heavy atom. The van der Waals surface area contributed by atoms with Crippen molar-refractivity contribution >= 4 is 65.1 Å². The zero-order chi connectivity index (χ0) is 87.8. The number of hydrogen-bond acceptors (Lipinski definition) is 36. The Hall–Kier alpha value is -10.0. The summed E-state index contributed by atoms with van der Waals surface area (Å²) in [6, 6.07) is 26.5. The Morgan fingerprint density at radius 1 is 0.463 bits per heavy atom. The van der Waals surface area contributed by atoms with E-state index >= 15 is 9.13 Å². The fourth-order valence-corrected chi connectivity index (χ4v) is 19.9. The van der Waals surface area contributed by atoms with Crippen molar-refractivity contribution in [3.8, 4) is 11.5 Å². The van der Waals surface area contributed by atoms with E-state index in [9.17, 15) is 47.5 Å². The molecule has 5 fully saturated rings. The lowest BCUT2D eigenvalue weighted by molar-refractivity contribution is -0.150. The molecule has 0 amide bonds. The summed E-state index contributed by atoms with van der Waals surface area (Å²) in [6.45, 7) is 5.78. The number of aryl methyl sites for hydroxylation is 2. The van der Waals surface area contributed by atoms with Crippen LogP contribution in [0, 0.1) is 13.8 Å². The molecule has 6 aromatic heterocycles. The summed E-state index contributed by atoms with van der Waals surface area (Å²) in [5.74, 6) is -0.0165. The van der Waals surface area contributed by atoms with Gasteiger partial charge in [-0.3, -0.25) is 75.2 Å². The first-order valence-corrected chi connectivity index (χ1v) is 46.5. The normalized spacial score (nSPS) is 26.1. The number of anilines is 3. The minimum Gasteiger partial charge on any atom is -0.497 e. The number of nitrogens with zero attached hydrogens (tertiary/aromatic N) is 9. The Morgan fingerprint density at radius 2 is 0.821 bits per heavy atom. The summed E-state index contributed by atoms with van der Waals surface area (Å²) in [4.78, 5) is 127. The molecule has 0 spiro atoms. The summed E-state index contributed by atoms with van der Waals surface area (Å²) in [6.07, 6.45) is -13.0. The number of esters is 1. The van der Waals surface area contributed by atoms with Gasteiger partial charge in [0.05, 0.1) is 78.0 Å². The number of nitrogens with one attached hydrogen (secondary N) is 3. The Bertz CT molecular complexity index is 5980. The lowest BCUT2D eigenvalue weighted by atomic mass is 9.80. The van der Waals surface area contributed by atoms with Crippen LogP contribution in [0.3, 0.4) is 0 Å². The summed E-state index contributed by atoms with van der Waals surface area (Å²) >= 11 is 0. The van der Waals surface area contributed by atoms with E-state index < -0.39 is 200 Å². The van der Waals surface area contributed by atoms with Gasteiger partial charge in [0.25, 0.3) is 16.7 Å². The van der Waals surface area contributed by atoms with Crippen LogP contribution in [-0.2, 0) is 98.0 Å². The average Bonchev–Trinajstić information content (AvgIpc) is 1.66. The number of imidazole rings is 1. The topological polar surface area (TPSA) is 563 Å². The zero-order valence-corrected chi connectivity index (χ0v) is 71.2. The summed E-state index contributed by atoms with van der Waals surface area (Å²) in [5.41, 5.74) is 13.1. The lowest BCUT2D eigenvalue weighted by Crippen LogP contribution is -2.38. The van der Waals surface area contributed by atoms with Gasteiger partial charge in [-0.05, 0) is 66.9 Å². The van der Waals surface area contributed by atoms with Crippen molar-refractivity contribution in [1.82, 2.24) is 57.7 Å². The van der Waals surface area contributed by atoms with E-state index in [-0.39, 0.29) is 78.6 Å². The molecule has 44 nitrogen and oxygen atoms in total. The minimum atomic E-state index is -4.47. The molecule has 0 unspecified atom stereocenters. The lowest BCUT2D eigenvalue weighted by Gasteiger charge is -2.37. The van der Waals surface area contributed by atoms with Crippen LogP contribution in [0.15, 0.2) is 156 Å². The van der Waals surface area contributed by atoms with E-state index in [0.717, 1.165) is 33.7 Å². The zero-order valence-electron chi connectivity index (χ0n) is 67.7. The number of nitrogens with two attached hydrogens (primary N) is 3. The first kappa shape index (κ1) is 89.2. The molecule has 0 radical (unpaired) electrons. The number of aromatic nitrogens is 12. The van der Waals surface area contributed by atoms with Crippen LogP contribution in [0.25, 0.3) is 11.2 Å². The number of methoxy groups -OCH3 is 2. The van der Waals surface area contributed by atoms with Crippen molar-refractivity contribution in [2.75, 3.05) is 91.1 Å². The summed E-state index contributed by atoms with van der Waals surface area (Å²) in [5, 5.41) is 0. The predicted molar refractivity (Wildman–Crippen MR) is 434 cm³/mol. The first-order chi connectivity index (χ1) is 58.4. The molecule has 19 atom stereocenters. The van der Waals surface area contributed by atoms with Crippen molar-refractivity contribution in [3.63, 3.8) is 0 Å². The van der Waals surface area contributed by atoms with Gasteiger partial charge in [0.2, 0.25) is 5.95 Å². The molecule has 5 aliphatic rings. The van der Waals surface area contributed by atoms with E-state index in [4.69, 9.17) is 96.0 Å². The monoisotopic (exact) mass is 1790 g/mol. The van der Waals surface area contributed by atoms with Gasteiger partial charge in [-0.25, -0.2) is 24.2 Å². The van der Waals surface area contributed by atoms with E-state index in [1.54, 1.807) is 38.5 Å². The molecule has 48 heteroatoms. The molecule has 0 aliphatic carbocycles. The van der Waals surface area contributed by atoms with Crippen LogP contribution in [0.5, 0.6) is 11.5 Å². The van der Waals surface area contributed by atoms with Gasteiger partial charge in [0, 0.05) is 102 Å². The van der Waals surface area contributed by atoms with Gasteiger partial charge in [-0.1, -0.05) is 54.6 Å². The van der Waals surface area contributed by atoms with Crippen molar-refractivity contribution in [3.05, 3.63) is 223 Å². The largest absolute Gasteiger partial charge is 0.497 e. The number of rotatable bonds is 34. The van der Waals surface area contributed by atoms with Gasteiger partial charge in [-0.15, -0.1) is 0 Å². The van der Waals surface area contributed by atoms with Crippen LogP contribution in [-0.4, -0.2) is 199 Å². The van der Waals surface area contributed by atoms with E-state index in [1.165, 1.54) is 79.8 Å². The number of H-pyrrole nitrogens is 3. The molecule has 5 aliphatic heterocycles. The Labute approximate surface area is 697 Å². The molecule has 660 valence electrons. The van der Waals surface area contributed by atoms with Crippen LogP contribution in [0.4, 0.5) is 17.6 Å². The molecule has 14 rings (SSSR count). The molecule has 3 aromatic carbocycles. The molecule has 11 heterocycles. The summed E-state index contributed by atoms with van der Waals surface area (Å²) in [7, 11) is -14.6. The molecule has 9 N–H and O–H groups in total. The van der Waals surface area contributed by atoms with Crippen LogP contribution in [0.2, 0.25) is 0 Å². The fraction of sp³-hybridized carbons (Fsp3) is 0.467. The number of hydrogen-bond donors (Lipinski definition) is 6. The average molecular weight is 1790 g/mol. The van der Waals surface area contributed by atoms with E-state index in [2.05, 4.69) is 34.9 Å². The van der Waals surface area contributed by atoms with Crippen molar-refractivity contribution in [1.29, 1.82) is 0 Å². The highest BCUT2D eigenvalue weighted by molar-refractivity contribution is 7.53. The quantitative estimate of drug-likeness (QED) is 0.0167. The number of fused-ring (bicyclic) bond motifs is 1. The van der Waals surface area contributed by atoms with Gasteiger partial charge in [0.1, 0.15) is 96.5 Å². The Kier molecular flexibility index (Phi) is 26.6. The number of carbonyl (C=O) groups excluding carboxylic acids is 1. The predicted octanol–water partition coefficient (Wildman–Crippen LogP) is 5.39. The van der Waals surface area contributed by atoms with Crippen LogP contribution < -0.4 is 66.1 Å². The summed E-state index contributed by atoms with van der Waals surface area (Å²) < 4.78 is 171. The second-order valence-electron chi connectivity index (χ2n) is 29.9. The highest BCUT2D eigenvalue weighted by Gasteiger charge is 2.50. The molecule has 123 heavy (non-hydrogen) atoms. The van der Waals surface area contributed by atoms with Gasteiger partial charge < -0.3 is 96.0 Å². The standard InChI is InChI=1S/C75H91N15O29P4/c1-40-32-88(73(97)84-67(40)92)62-30-49(53(111-62)34-105-75(43-13-11-10-12-14-43,44-15-19-46(103-4)20-16-44)45-17-21-47(104-5)22-18-45)116-121(7,100)107-36-55-50(28-60(113-55)86-25-23-58(76)80-71(86)95)117-122(8,101)108-37-56-51(29-61(114-56)87-26-24-59(77)81-72(87)96)118-123(9,102)109-38-57-52(31-63(115-57)89-33-41(2)68(93)85-74(89)98)119-120(6,99)106-35-54-48(110-42(3)91)27-64(112-54)90-39-79-65-66(90)82-70(78)83-69(65)94/h10-26,32-33,39,48-57,60-64H,27-31,34-38H2,1-9H3,(H2,76,80,95)(H2,77,81,96)(H,84,92,97)(H,85,93,98)(H3,78,82,83,94)/t48-,49-,50-,51-,52-,53+,54+,55+,56+,57+,60+,61+,62+,63+,64+,120-,121-,122-,123-/m0/s1. The number of benzene rings is 3. The number of ether oxygens (including phenoxy) is 9. The maximum atomic E-state index is 15.2. The maximum Gasteiger partial charge on any atom is 0.351 e. The second-order valence-corrected chi connectivity index (χ2v) is 38.0. The molecule has 9 aromatic rings. The molecule has 0 saturated carbocycles. The van der Waals surface area contributed by atoms with Gasteiger partial charge in [-0.2, -0.15) is 15.0 Å². The number of nitrogen functional groups attached to an aromatic ring is 3. The second kappa shape index (κ2) is 36.6. The van der Waals surface area contributed by atoms with E-state index in [1.807, 2.05) is 54.6 Å². The molecule has 5 saturated heterocycles. The van der Waals surface area contributed by atoms with Crippen LogP contribution in [0.1, 0.15) is 98.0 Å². The first-order valence-electron chi connectivity index (χ1n) is 38.5. The van der Waals surface area contributed by atoms with Crippen molar-refractivity contribution in [2.45, 2.75) is 151 Å². The Balaban J connectivity index is 0.681. The van der Waals surface area contributed by atoms with Crippen molar-refractivity contribution in [2.24, 2.45) is 0 Å². The van der Waals surface area contributed by atoms with Crippen molar-refractivity contribution < 1.29 is 102 Å². The molecular formula is C75H91N15O29P4. The van der Waals surface area contributed by atoms with Gasteiger partial charge >= 0.3 is 59.1 Å². The highest BCUT2D eigenvalue weighted by atomic mass is 31.2. The fourth-order valence-electron chi connectivity index (χ4n) is 15.2. The molecule has 0 bridgehead atoms.